The van der Waals surface area contributed by atoms with Crippen molar-refractivity contribution in [2.24, 2.45) is 0 Å². The number of piperazine rings is 1. The Bertz CT molecular complexity index is 1010. The minimum absolute atomic E-state index is 0.204. The van der Waals surface area contributed by atoms with E-state index >= 15 is 0 Å². The van der Waals surface area contributed by atoms with Gasteiger partial charge in [-0.15, -0.1) is 0 Å². The fourth-order valence-electron chi connectivity index (χ4n) is 3.91. The number of rotatable bonds is 6. The van der Waals surface area contributed by atoms with Crippen LogP contribution < -0.4 is 4.90 Å². The molecule has 0 amide bonds. The van der Waals surface area contributed by atoms with Crippen molar-refractivity contribution < 1.29 is 9.59 Å². The van der Waals surface area contributed by atoms with Crippen LogP contribution in [0.15, 0.2) is 54.9 Å². The number of quaternary nitrogens is 1. The molecule has 7 heteroatoms. The molecule has 3 aromatic rings. The summed E-state index contributed by atoms with van der Waals surface area (Å²) in [5, 5.41) is 10.3. The molecule has 0 unspecified atom stereocenters. The topological polar surface area (TPSA) is 65.4 Å². The third kappa shape index (κ3) is 5.57. The van der Waals surface area contributed by atoms with Gasteiger partial charge in [-0.05, 0) is 31.3 Å². The normalized spacial score (nSPS) is 15.9. The molecule has 1 saturated heterocycles. The minimum Gasteiger partial charge on any atom is -0.508 e. The van der Waals surface area contributed by atoms with Gasteiger partial charge in [0.25, 0.3) is 0 Å². The number of hydrogen-bond donors (Lipinski definition) is 1. The maximum atomic E-state index is 10.3. The number of likely N-dealkylation sites (N-methyl/N-ethyl adjacent to an activating group) is 1. The second kappa shape index (κ2) is 8.99. The maximum absolute atomic E-state index is 10.3. The Morgan fingerprint density at radius 3 is 2.45 bits per heavy atom. The van der Waals surface area contributed by atoms with Crippen LogP contribution in [0, 0.1) is 0 Å². The van der Waals surface area contributed by atoms with E-state index in [0.29, 0.717) is 18.8 Å². The molecular formula is C24H31N6O+. The zero-order chi connectivity index (χ0) is 21.8. The van der Waals surface area contributed by atoms with Crippen LogP contribution in [0.2, 0.25) is 0 Å². The van der Waals surface area contributed by atoms with Crippen LogP contribution in [0.1, 0.15) is 11.4 Å². The van der Waals surface area contributed by atoms with E-state index in [1.807, 2.05) is 31.4 Å². The Hall–Kier alpha value is -3.03. The van der Waals surface area contributed by atoms with Crippen molar-refractivity contribution in [3.63, 3.8) is 0 Å². The van der Waals surface area contributed by atoms with Crippen molar-refractivity contribution >= 4 is 5.69 Å². The van der Waals surface area contributed by atoms with E-state index in [9.17, 15) is 5.11 Å². The third-order valence-corrected chi connectivity index (χ3v) is 5.77. The Balaban J connectivity index is 1.50. The van der Waals surface area contributed by atoms with Crippen LogP contribution >= 0.6 is 0 Å². The first-order chi connectivity index (χ1) is 14.9. The first-order valence-electron chi connectivity index (χ1n) is 10.7. The van der Waals surface area contributed by atoms with Gasteiger partial charge in [-0.2, -0.15) is 0 Å². The minimum atomic E-state index is 0.204. The van der Waals surface area contributed by atoms with E-state index < -0.39 is 0 Å². The second-order valence-corrected chi connectivity index (χ2v) is 8.96. The summed E-state index contributed by atoms with van der Waals surface area (Å²) < 4.78 is 1.05. The highest BCUT2D eigenvalue weighted by molar-refractivity contribution is 5.63. The molecule has 0 aromatic carbocycles. The van der Waals surface area contributed by atoms with Crippen LogP contribution in [-0.4, -0.2) is 76.8 Å². The van der Waals surface area contributed by atoms with Gasteiger partial charge in [0.05, 0.1) is 63.1 Å². The standard InChI is InChI=1S/C24H30N6O/c1-28(17-19-6-4-5-8-25-19)18-20-14-22(31)16-24(27-20)23-15-21(7-9-26-23)29-10-12-30(2,3)13-11-29/h4-9,14-16H,10-13,17-18H2,1-3H3/p+1. The maximum Gasteiger partial charge on any atom is 0.119 e. The monoisotopic (exact) mass is 419 g/mol. The molecule has 0 aliphatic carbocycles. The van der Waals surface area contributed by atoms with Crippen molar-refractivity contribution in [1.82, 2.24) is 19.9 Å². The molecule has 3 aromatic heterocycles. The van der Waals surface area contributed by atoms with Gasteiger partial charge in [-0.25, -0.2) is 4.98 Å². The molecular weight excluding hydrogens is 388 g/mol. The molecule has 0 saturated carbocycles. The first-order valence-corrected chi connectivity index (χ1v) is 10.7. The number of aromatic hydroxyl groups is 1. The Morgan fingerprint density at radius 2 is 1.71 bits per heavy atom. The number of aromatic nitrogens is 3. The van der Waals surface area contributed by atoms with E-state index in [-0.39, 0.29) is 5.75 Å². The summed E-state index contributed by atoms with van der Waals surface area (Å²) >= 11 is 0. The summed E-state index contributed by atoms with van der Waals surface area (Å²) in [4.78, 5) is 18.2. The van der Waals surface area contributed by atoms with Gasteiger partial charge in [0.2, 0.25) is 0 Å². The summed E-state index contributed by atoms with van der Waals surface area (Å²) in [6, 6.07) is 13.4. The van der Waals surface area contributed by atoms with Gasteiger partial charge < -0.3 is 14.5 Å². The quantitative estimate of drug-likeness (QED) is 0.620. The number of hydrogen-bond acceptors (Lipinski definition) is 6. The smallest absolute Gasteiger partial charge is 0.119 e. The van der Waals surface area contributed by atoms with E-state index in [4.69, 9.17) is 4.98 Å². The third-order valence-electron chi connectivity index (χ3n) is 5.77. The SMILES string of the molecule is CN(Cc1ccccn1)Cc1cc(O)cc(-c2cc(N3CC[N+](C)(C)CC3)ccn2)n1. The van der Waals surface area contributed by atoms with Crippen LogP contribution in [-0.2, 0) is 13.1 Å². The van der Waals surface area contributed by atoms with Gasteiger partial charge in [0.15, 0.2) is 0 Å². The lowest BCUT2D eigenvalue weighted by atomic mass is 10.2. The highest BCUT2D eigenvalue weighted by atomic mass is 16.3. The fourth-order valence-corrected chi connectivity index (χ4v) is 3.91. The molecule has 162 valence electrons. The number of pyridine rings is 3. The zero-order valence-electron chi connectivity index (χ0n) is 18.6. The van der Waals surface area contributed by atoms with Gasteiger partial charge in [-0.3, -0.25) is 14.9 Å². The molecule has 0 spiro atoms. The van der Waals surface area contributed by atoms with Crippen LogP contribution in [0.5, 0.6) is 5.75 Å². The van der Waals surface area contributed by atoms with Gasteiger partial charge in [0.1, 0.15) is 5.75 Å². The molecule has 0 bridgehead atoms. The summed E-state index contributed by atoms with van der Waals surface area (Å²) in [5.41, 5.74) is 4.43. The Kier molecular flexibility index (Phi) is 6.15. The largest absolute Gasteiger partial charge is 0.508 e. The zero-order valence-corrected chi connectivity index (χ0v) is 18.6. The fraction of sp³-hybridized carbons (Fsp3) is 0.375. The summed E-state index contributed by atoms with van der Waals surface area (Å²) in [6.45, 7) is 5.60. The summed E-state index contributed by atoms with van der Waals surface area (Å²) in [5.74, 6) is 0.204. The molecule has 0 atom stereocenters. The van der Waals surface area contributed by atoms with Crippen LogP contribution in [0.25, 0.3) is 11.4 Å². The average molecular weight is 420 g/mol. The van der Waals surface area contributed by atoms with Crippen molar-refractivity contribution in [3.8, 4) is 17.1 Å². The lowest BCUT2D eigenvalue weighted by molar-refractivity contribution is -0.890. The van der Waals surface area contributed by atoms with E-state index in [1.54, 1.807) is 18.3 Å². The lowest BCUT2D eigenvalue weighted by Gasteiger charge is -2.40. The summed E-state index contributed by atoms with van der Waals surface area (Å²) in [6.07, 6.45) is 3.63. The highest BCUT2D eigenvalue weighted by Crippen LogP contribution is 2.26. The lowest BCUT2D eigenvalue weighted by Crippen LogP contribution is -2.54. The van der Waals surface area contributed by atoms with Crippen molar-refractivity contribution in [1.29, 1.82) is 0 Å². The molecule has 4 heterocycles. The number of anilines is 1. The number of nitrogens with zero attached hydrogens (tertiary/aromatic N) is 6. The van der Waals surface area contributed by atoms with Crippen molar-refractivity contribution in [2.45, 2.75) is 13.1 Å². The van der Waals surface area contributed by atoms with Crippen LogP contribution in [0.4, 0.5) is 5.69 Å². The molecule has 31 heavy (non-hydrogen) atoms. The Morgan fingerprint density at radius 1 is 0.935 bits per heavy atom. The Labute approximate surface area is 184 Å². The van der Waals surface area contributed by atoms with Gasteiger partial charge in [-0.1, -0.05) is 6.07 Å². The molecule has 7 nitrogen and oxygen atoms in total. The van der Waals surface area contributed by atoms with E-state index in [1.165, 1.54) is 0 Å². The van der Waals surface area contributed by atoms with Crippen molar-refractivity contribution in [3.05, 3.63) is 66.2 Å². The molecule has 1 aliphatic rings. The van der Waals surface area contributed by atoms with Gasteiger partial charge in [0, 0.05) is 43.3 Å². The average Bonchev–Trinajstić information content (AvgIpc) is 2.74. The molecule has 0 radical (unpaired) electrons. The predicted octanol–water partition coefficient (Wildman–Crippen LogP) is 2.77. The second-order valence-electron chi connectivity index (χ2n) is 8.96. The highest BCUT2D eigenvalue weighted by Gasteiger charge is 2.24. The van der Waals surface area contributed by atoms with E-state index in [0.717, 1.165) is 53.4 Å². The van der Waals surface area contributed by atoms with E-state index in [2.05, 4.69) is 46.0 Å². The molecule has 1 N–H and O–H groups in total. The molecule has 1 fully saturated rings. The first kappa shape index (κ1) is 21.2. The predicted molar refractivity (Wildman–Crippen MR) is 123 cm³/mol. The summed E-state index contributed by atoms with van der Waals surface area (Å²) in [7, 11) is 6.58. The van der Waals surface area contributed by atoms with Gasteiger partial charge >= 0.3 is 0 Å². The molecule has 1 aliphatic heterocycles. The van der Waals surface area contributed by atoms with Crippen molar-refractivity contribution in [2.75, 3.05) is 52.2 Å². The molecule has 4 rings (SSSR count). The van der Waals surface area contributed by atoms with Crippen LogP contribution in [0.3, 0.4) is 0 Å².